The number of carbonyl (C=O) groups excluding carboxylic acids is 1. The number of oxime groups is 1. The Labute approximate surface area is 320 Å². The van der Waals surface area contributed by atoms with Crippen molar-refractivity contribution in [3.8, 4) is 17.2 Å². The number of hydrogen-bond donors (Lipinski definition) is 2. The van der Waals surface area contributed by atoms with E-state index < -0.39 is 11.8 Å². The zero-order valence-electron chi connectivity index (χ0n) is 32.3. The molecule has 0 spiro atoms. The summed E-state index contributed by atoms with van der Waals surface area (Å²) in [5.41, 5.74) is 3.71. The molecule has 11 heteroatoms. The largest absolute Gasteiger partial charge is 0.497 e. The van der Waals surface area contributed by atoms with Crippen LogP contribution in [0.15, 0.2) is 71.9 Å². The molecule has 0 bridgehead atoms. The topological polar surface area (TPSA) is 122 Å². The summed E-state index contributed by atoms with van der Waals surface area (Å²) >= 11 is 0. The molecule has 2 aliphatic heterocycles. The zero-order valence-corrected chi connectivity index (χ0v) is 32.3. The van der Waals surface area contributed by atoms with Crippen molar-refractivity contribution in [1.82, 2.24) is 9.80 Å². The van der Waals surface area contributed by atoms with Gasteiger partial charge < -0.3 is 38.9 Å². The highest BCUT2D eigenvalue weighted by atomic mass is 16.7. The second-order valence-corrected chi connectivity index (χ2v) is 14.9. The third-order valence-corrected chi connectivity index (χ3v) is 11.5. The number of unbranched alkanes of at least 4 members (excludes halogenated alkanes) is 2. The number of allylic oxidation sites excluding steroid dienone is 1. The molecule has 1 amide bonds. The molecular formula is C43H59N3O8. The molecule has 0 unspecified atom stereocenters. The summed E-state index contributed by atoms with van der Waals surface area (Å²) in [6, 6.07) is 13.1. The normalized spacial score (nSPS) is 26.2. The number of nitrogens with zero attached hydrogens (tertiary/aromatic N) is 3. The summed E-state index contributed by atoms with van der Waals surface area (Å²) in [6.45, 7) is 10.5. The van der Waals surface area contributed by atoms with E-state index in [1.54, 1.807) is 18.1 Å². The monoisotopic (exact) mass is 745 g/mol. The Morgan fingerprint density at radius 2 is 1.89 bits per heavy atom. The van der Waals surface area contributed by atoms with Crippen LogP contribution < -0.4 is 14.2 Å². The number of likely N-dealkylation sites (N-methyl/N-ethyl adjacent to an activating group) is 1. The number of methoxy groups -OCH3 is 1. The van der Waals surface area contributed by atoms with Crippen LogP contribution in [0.1, 0.15) is 68.9 Å². The molecule has 11 nitrogen and oxygen atoms in total. The summed E-state index contributed by atoms with van der Waals surface area (Å²) in [6.07, 6.45) is 9.55. The first-order valence-electron chi connectivity index (χ1n) is 19.8. The Balaban J connectivity index is 1.49. The van der Waals surface area contributed by atoms with E-state index in [0.29, 0.717) is 37.6 Å². The molecule has 54 heavy (non-hydrogen) atoms. The second kappa shape index (κ2) is 18.6. The quantitative estimate of drug-likeness (QED) is 0.0713. The molecule has 1 saturated heterocycles. The third kappa shape index (κ3) is 8.80. The number of hydrogen-bond acceptors (Lipinski definition) is 10. The van der Waals surface area contributed by atoms with Crippen LogP contribution in [-0.2, 0) is 20.8 Å². The maximum absolute atomic E-state index is 14.4. The van der Waals surface area contributed by atoms with Gasteiger partial charge in [-0.25, -0.2) is 0 Å². The highest BCUT2D eigenvalue weighted by Crippen LogP contribution is 2.61. The summed E-state index contributed by atoms with van der Waals surface area (Å²) < 4.78 is 26.0. The number of aliphatic hydroxyl groups is 2. The van der Waals surface area contributed by atoms with E-state index in [2.05, 4.69) is 23.6 Å². The predicted molar refractivity (Wildman–Crippen MR) is 208 cm³/mol. The van der Waals surface area contributed by atoms with Gasteiger partial charge in [-0.1, -0.05) is 42.3 Å². The molecule has 6 atom stereocenters. The van der Waals surface area contributed by atoms with Crippen molar-refractivity contribution in [2.75, 3.05) is 66.8 Å². The average Bonchev–Trinajstić information content (AvgIpc) is 4.02. The number of ether oxygens (including phenoxy) is 4. The van der Waals surface area contributed by atoms with E-state index >= 15 is 0 Å². The van der Waals surface area contributed by atoms with Crippen LogP contribution in [-0.4, -0.2) is 110 Å². The molecule has 294 valence electrons. The molecule has 2 heterocycles. The molecule has 4 aliphatic rings. The molecule has 2 aliphatic carbocycles. The summed E-state index contributed by atoms with van der Waals surface area (Å²) in [4.78, 5) is 24.3. The van der Waals surface area contributed by atoms with Crippen LogP contribution >= 0.6 is 0 Å². The predicted octanol–water partition coefficient (Wildman–Crippen LogP) is 5.74. The van der Waals surface area contributed by atoms with Crippen molar-refractivity contribution in [2.45, 2.75) is 76.0 Å². The SMILES string of the molecule is C=CCO[C@@]12Oc3ccc(OCCN4CC4)cc3[C@H]3[C@H](CCCCO)[C@@H](CCCCO)C=C(C(=NOCC)C[C@@H]1N(C)C(=O)Cc1cccc(OC)c1)[C@H]32. The van der Waals surface area contributed by atoms with Crippen LogP contribution in [0.4, 0.5) is 0 Å². The first-order chi connectivity index (χ1) is 26.4. The van der Waals surface area contributed by atoms with E-state index in [1.807, 2.05) is 50.4 Å². The lowest BCUT2D eigenvalue weighted by Crippen LogP contribution is -2.69. The number of rotatable bonds is 21. The standard InChI is InChI=1S/C43H59N3O8/c1-5-23-52-43-39(45(3)40(49)26-30-12-11-14-32(25-30)50-4)29-37(44-53-6-2)35-27-31(13-7-9-21-47)34(15-8-10-22-48)41(42(35)43)36-28-33(16-17-38(36)54-43)51-24-20-46-18-19-46/h5,11-12,14,16-17,25,27-28,31,34,39,41-42,47-48H,1,6-10,13,15,18-24,26,29H2,2-4H3/t31-,34+,39-,41+,42+,43+/m0/s1. The van der Waals surface area contributed by atoms with Gasteiger partial charge in [-0.3, -0.25) is 9.69 Å². The molecule has 2 aromatic carbocycles. The minimum absolute atomic E-state index is 0.0868. The zero-order chi connectivity index (χ0) is 38.1. The van der Waals surface area contributed by atoms with Gasteiger partial charge in [0.25, 0.3) is 0 Å². The Hall–Kier alpha value is -3.90. The highest BCUT2D eigenvalue weighted by Gasteiger charge is 2.65. The summed E-state index contributed by atoms with van der Waals surface area (Å²) in [5.74, 6) is 0.699. The van der Waals surface area contributed by atoms with Gasteiger partial charge in [0, 0.05) is 57.8 Å². The molecule has 2 aromatic rings. The minimum Gasteiger partial charge on any atom is -0.497 e. The second-order valence-electron chi connectivity index (χ2n) is 14.9. The van der Waals surface area contributed by atoms with Gasteiger partial charge >= 0.3 is 0 Å². The molecule has 0 aromatic heterocycles. The Morgan fingerprint density at radius 3 is 2.61 bits per heavy atom. The number of carbonyl (C=O) groups is 1. The van der Waals surface area contributed by atoms with Gasteiger partial charge in [0.1, 0.15) is 36.5 Å². The summed E-state index contributed by atoms with van der Waals surface area (Å²) in [7, 11) is 3.45. The fraction of sp³-hybridized carbons (Fsp3) is 0.581. The van der Waals surface area contributed by atoms with E-state index in [9.17, 15) is 15.0 Å². The fourth-order valence-corrected chi connectivity index (χ4v) is 8.80. The molecular weight excluding hydrogens is 686 g/mol. The highest BCUT2D eigenvalue weighted by molar-refractivity contribution is 6.03. The van der Waals surface area contributed by atoms with Gasteiger partial charge in [-0.2, -0.15) is 0 Å². The van der Waals surface area contributed by atoms with E-state index in [-0.39, 0.29) is 55.8 Å². The third-order valence-electron chi connectivity index (χ3n) is 11.5. The number of benzene rings is 2. The Kier molecular flexibility index (Phi) is 13.7. The first-order valence-corrected chi connectivity index (χ1v) is 19.8. The smallest absolute Gasteiger partial charge is 0.239 e. The lowest BCUT2D eigenvalue weighted by Gasteiger charge is -2.59. The first kappa shape index (κ1) is 39.8. The van der Waals surface area contributed by atoms with E-state index in [1.165, 1.54) is 0 Å². The average molecular weight is 746 g/mol. The van der Waals surface area contributed by atoms with Gasteiger partial charge in [0.2, 0.25) is 11.7 Å². The lowest BCUT2D eigenvalue weighted by molar-refractivity contribution is -0.255. The van der Waals surface area contributed by atoms with Crippen molar-refractivity contribution in [3.05, 3.63) is 77.9 Å². The molecule has 0 radical (unpaired) electrons. The van der Waals surface area contributed by atoms with Gasteiger partial charge in [-0.05, 0) is 85.9 Å². The number of amides is 1. The maximum Gasteiger partial charge on any atom is 0.239 e. The van der Waals surface area contributed by atoms with Crippen molar-refractivity contribution >= 4 is 11.6 Å². The van der Waals surface area contributed by atoms with Crippen LogP contribution in [0.25, 0.3) is 0 Å². The van der Waals surface area contributed by atoms with E-state index in [0.717, 1.165) is 79.9 Å². The molecule has 2 fully saturated rings. The van der Waals surface area contributed by atoms with Crippen molar-refractivity contribution < 1.29 is 38.8 Å². The Morgan fingerprint density at radius 1 is 1.09 bits per heavy atom. The summed E-state index contributed by atoms with van der Waals surface area (Å²) in [5, 5.41) is 24.4. The van der Waals surface area contributed by atoms with Crippen LogP contribution in [0.3, 0.4) is 0 Å². The minimum atomic E-state index is -1.28. The van der Waals surface area contributed by atoms with Crippen LogP contribution in [0.2, 0.25) is 0 Å². The van der Waals surface area contributed by atoms with Crippen molar-refractivity contribution in [1.29, 1.82) is 0 Å². The maximum atomic E-state index is 14.4. The Bertz CT molecular complexity index is 1640. The fourth-order valence-electron chi connectivity index (χ4n) is 8.80. The van der Waals surface area contributed by atoms with Crippen LogP contribution in [0.5, 0.6) is 17.2 Å². The number of fused-ring (bicyclic) bond motifs is 2. The van der Waals surface area contributed by atoms with Crippen molar-refractivity contribution in [3.63, 3.8) is 0 Å². The molecule has 1 saturated carbocycles. The van der Waals surface area contributed by atoms with E-state index in [4.69, 9.17) is 28.9 Å². The lowest BCUT2D eigenvalue weighted by atomic mass is 9.55. The van der Waals surface area contributed by atoms with Crippen molar-refractivity contribution in [2.24, 2.45) is 22.9 Å². The number of aliphatic hydroxyl groups excluding tert-OH is 2. The molecule has 2 N–H and O–H groups in total. The van der Waals surface area contributed by atoms with Gasteiger partial charge in [0.15, 0.2) is 0 Å². The molecule has 6 rings (SSSR count). The van der Waals surface area contributed by atoms with Gasteiger partial charge in [-0.15, -0.1) is 6.58 Å². The van der Waals surface area contributed by atoms with Crippen LogP contribution in [0, 0.1) is 17.8 Å². The van der Waals surface area contributed by atoms with Gasteiger partial charge in [0.05, 0.1) is 31.8 Å².